The molecule has 180 valence electrons. The van der Waals surface area contributed by atoms with Crippen molar-refractivity contribution in [2.24, 2.45) is 0 Å². The van der Waals surface area contributed by atoms with Crippen molar-refractivity contribution in [1.82, 2.24) is 5.32 Å². The molecule has 0 spiro atoms. The Balaban J connectivity index is 1.97. The summed E-state index contributed by atoms with van der Waals surface area (Å²) in [5.74, 6) is -1.24. The topological polar surface area (TPSA) is 66.5 Å². The lowest BCUT2D eigenvalue weighted by Gasteiger charge is -2.26. The largest absolute Gasteiger partial charge is 0.417 e. The molecule has 0 aromatic heterocycles. The van der Waals surface area contributed by atoms with E-state index in [1.165, 1.54) is 48.5 Å². The van der Waals surface area contributed by atoms with Gasteiger partial charge < -0.3 is 5.32 Å². The number of amides is 1. The molecule has 0 saturated heterocycles. The van der Waals surface area contributed by atoms with Gasteiger partial charge in [-0.05, 0) is 55.0 Å². The van der Waals surface area contributed by atoms with Crippen LogP contribution in [-0.2, 0) is 21.0 Å². The highest BCUT2D eigenvalue weighted by Crippen LogP contribution is 2.38. The predicted molar refractivity (Wildman–Crippen MR) is 120 cm³/mol. The molecule has 3 aromatic rings. The van der Waals surface area contributed by atoms with Crippen molar-refractivity contribution in [1.29, 1.82) is 0 Å². The third-order valence-electron chi connectivity index (χ3n) is 4.91. The van der Waals surface area contributed by atoms with Gasteiger partial charge >= 0.3 is 6.18 Å². The maximum Gasteiger partial charge on any atom is 0.417 e. The Hall–Kier alpha value is -3.11. The highest BCUT2D eigenvalue weighted by atomic mass is 35.5. The smallest absolute Gasteiger partial charge is 0.348 e. The van der Waals surface area contributed by atoms with Gasteiger partial charge in [-0.15, -0.1) is 0 Å². The first kappa shape index (κ1) is 25.5. The number of benzene rings is 3. The monoisotopic (exact) mass is 514 g/mol. The second-order valence-electron chi connectivity index (χ2n) is 7.33. The first-order valence-electron chi connectivity index (χ1n) is 9.89. The van der Waals surface area contributed by atoms with Crippen molar-refractivity contribution in [2.45, 2.75) is 24.0 Å². The van der Waals surface area contributed by atoms with E-state index >= 15 is 0 Å². The molecule has 0 aliphatic heterocycles. The lowest BCUT2D eigenvalue weighted by Crippen LogP contribution is -2.41. The Morgan fingerprint density at radius 1 is 1.03 bits per heavy atom. The van der Waals surface area contributed by atoms with E-state index < -0.39 is 51.1 Å². The highest BCUT2D eigenvalue weighted by Gasteiger charge is 2.35. The number of hydrogen-bond acceptors (Lipinski definition) is 3. The summed E-state index contributed by atoms with van der Waals surface area (Å²) in [7, 11) is -4.42. The van der Waals surface area contributed by atoms with Crippen molar-refractivity contribution >= 4 is 33.2 Å². The van der Waals surface area contributed by atoms with E-state index in [2.05, 4.69) is 5.32 Å². The molecule has 0 fully saturated rings. The second kappa shape index (κ2) is 10.0. The zero-order valence-electron chi connectivity index (χ0n) is 17.7. The minimum Gasteiger partial charge on any atom is -0.348 e. The van der Waals surface area contributed by atoms with Gasteiger partial charge in [0.1, 0.15) is 12.4 Å². The molecule has 3 rings (SSSR count). The summed E-state index contributed by atoms with van der Waals surface area (Å²) in [6.07, 6.45) is -4.84. The third-order valence-corrected chi connectivity index (χ3v) is 7.03. The van der Waals surface area contributed by atoms with Crippen LogP contribution in [0.5, 0.6) is 0 Å². The molecule has 0 saturated carbocycles. The van der Waals surface area contributed by atoms with E-state index in [0.717, 1.165) is 12.1 Å². The SMILES string of the molecule is C[C@H](NC(=O)CN(c1ccc(Cl)c(C(F)(F)F)c1)S(=O)(=O)c1ccccc1)c1ccc(F)cc1. The number of alkyl halides is 3. The lowest BCUT2D eigenvalue weighted by molar-refractivity contribution is -0.137. The van der Waals surface area contributed by atoms with E-state index in [1.807, 2.05) is 0 Å². The third kappa shape index (κ3) is 5.87. The summed E-state index contributed by atoms with van der Waals surface area (Å²) in [4.78, 5) is 12.6. The Kier molecular flexibility index (Phi) is 7.52. The fraction of sp³-hybridized carbons (Fsp3) is 0.174. The van der Waals surface area contributed by atoms with E-state index in [-0.39, 0.29) is 10.6 Å². The average molecular weight is 515 g/mol. The number of halogens is 5. The number of anilines is 1. The van der Waals surface area contributed by atoms with Crippen LogP contribution in [0.4, 0.5) is 23.2 Å². The van der Waals surface area contributed by atoms with E-state index in [4.69, 9.17) is 11.6 Å². The molecule has 0 aliphatic rings. The summed E-state index contributed by atoms with van der Waals surface area (Å²) in [6.45, 7) is 0.799. The number of nitrogens with zero attached hydrogens (tertiary/aromatic N) is 1. The molecule has 34 heavy (non-hydrogen) atoms. The van der Waals surface area contributed by atoms with Crippen LogP contribution in [-0.4, -0.2) is 20.9 Å². The van der Waals surface area contributed by atoms with E-state index in [0.29, 0.717) is 15.9 Å². The van der Waals surface area contributed by atoms with Crippen LogP contribution in [0.2, 0.25) is 5.02 Å². The van der Waals surface area contributed by atoms with Crippen molar-refractivity contribution in [2.75, 3.05) is 10.8 Å². The Morgan fingerprint density at radius 2 is 1.65 bits per heavy atom. The van der Waals surface area contributed by atoms with Crippen LogP contribution < -0.4 is 9.62 Å². The number of nitrogens with one attached hydrogen (secondary N) is 1. The molecule has 1 atom stereocenters. The average Bonchev–Trinajstić information content (AvgIpc) is 2.78. The van der Waals surface area contributed by atoms with Crippen molar-refractivity contribution < 1.29 is 30.8 Å². The molecular formula is C23H19ClF4N2O3S. The number of hydrogen-bond donors (Lipinski definition) is 1. The van der Waals surface area contributed by atoms with Gasteiger partial charge in [-0.2, -0.15) is 13.2 Å². The Bertz CT molecular complexity index is 1270. The zero-order chi connectivity index (χ0) is 25.1. The molecule has 0 aliphatic carbocycles. The number of rotatable bonds is 7. The van der Waals surface area contributed by atoms with Crippen LogP contribution in [0.3, 0.4) is 0 Å². The number of sulfonamides is 1. The first-order valence-corrected chi connectivity index (χ1v) is 11.7. The lowest BCUT2D eigenvalue weighted by atomic mass is 10.1. The summed E-state index contributed by atoms with van der Waals surface area (Å²) < 4.78 is 80.5. The summed E-state index contributed by atoms with van der Waals surface area (Å²) in [5, 5.41) is 1.97. The van der Waals surface area contributed by atoms with Crippen LogP contribution >= 0.6 is 11.6 Å². The molecule has 5 nitrogen and oxygen atoms in total. The zero-order valence-corrected chi connectivity index (χ0v) is 19.3. The summed E-state index contributed by atoms with van der Waals surface area (Å²) in [6, 6.07) is 14.3. The molecule has 0 heterocycles. The normalized spacial score (nSPS) is 12.8. The highest BCUT2D eigenvalue weighted by molar-refractivity contribution is 7.92. The summed E-state index contributed by atoms with van der Waals surface area (Å²) in [5.41, 5.74) is -1.07. The maximum atomic E-state index is 13.4. The number of carbonyl (C=O) groups excluding carboxylic acids is 1. The van der Waals surface area contributed by atoms with Crippen LogP contribution in [0.1, 0.15) is 24.1 Å². The molecule has 0 unspecified atom stereocenters. The molecule has 11 heteroatoms. The molecule has 1 N–H and O–H groups in total. The van der Waals surface area contributed by atoms with Gasteiger partial charge in [0.2, 0.25) is 5.91 Å². The predicted octanol–water partition coefficient (Wildman–Crippen LogP) is 5.57. The summed E-state index contributed by atoms with van der Waals surface area (Å²) >= 11 is 5.68. The second-order valence-corrected chi connectivity index (χ2v) is 9.60. The minimum atomic E-state index is -4.84. The Labute approximate surface area is 199 Å². The number of carbonyl (C=O) groups is 1. The molecule has 3 aromatic carbocycles. The van der Waals surface area contributed by atoms with Gasteiger partial charge in [0.15, 0.2) is 0 Å². The minimum absolute atomic E-state index is 0.210. The fourth-order valence-electron chi connectivity index (χ4n) is 3.17. The molecule has 0 bridgehead atoms. The van der Waals surface area contributed by atoms with Gasteiger partial charge in [-0.1, -0.05) is 41.9 Å². The van der Waals surface area contributed by atoms with Crippen LogP contribution in [0, 0.1) is 5.82 Å². The van der Waals surface area contributed by atoms with Crippen LogP contribution in [0.25, 0.3) is 0 Å². The quantitative estimate of drug-likeness (QED) is 0.419. The molecule has 0 radical (unpaired) electrons. The van der Waals surface area contributed by atoms with E-state index in [1.54, 1.807) is 13.0 Å². The van der Waals surface area contributed by atoms with Crippen LogP contribution in [0.15, 0.2) is 77.7 Å². The van der Waals surface area contributed by atoms with Gasteiger partial charge in [-0.25, -0.2) is 12.8 Å². The maximum absolute atomic E-state index is 13.4. The molecular weight excluding hydrogens is 496 g/mol. The van der Waals surface area contributed by atoms with E-state index in [9.17, 15) is 30.8 Å². The standard InChI is InChI=1S/C23H19ClF4N2O3S/c1-15(16-7-9-17(25)10-8-16)29-22(31)14-30(34(32,33)19-5-3-2-4-6-19)18-11-12-21(24)20(13-18)23(26,27)28/h2-13,15H,14H2,1H3,(H,29,31)/t15-/m0/s1. The molecule has 1 amide bonds. The van der Waals surface area contributed by atoms with Crippen molar-refractivity contribution in [3.05, 3.63) is 94.8 Å². The van der Waals surface area contributed by atoms with Crippen molar-refractivity contribution in [3.63, 3.8) is 0 Å². The van der Waals surface area contributed by atoms with Gasteiger partial charge in [0.05, 0.1) is 27.2 Å². The van der Waals surface area contributed by atoms with Crippen molar-refractivity contribution in [3.8, 4) is 0 Å². The van der Waals surface area contributed by atoms with Gasteiger partial charge in [-0.3, -0.25) is 9.10 Å². The Morgan fingerprint density at radius 3 is 2.24 bits per heavy atom. The fourth-order valence-corrected chi connectivity index (χ4v) is 4.83. The first-order chi connectivity index (χ1) is 15.9. The van der Waals surface area contributed by atoms with Gasteiger partial charge in [0.25, 0.3) is 10.0 Å². The van der Waals surface area contributed by atoms with Gasteiger partial charge in [0, 0.05) is 0 Å².